The van der Waals surface area contributed by atoms with Gasteiger partial charge in [-0.2, -0.15) is 13.2 Å². The molecule has 5 nitrogen and oxygen atoms in total. The maximum atomic E-state index is 12.3. The van der Waals surface area contributed by atoms with Gasteiger partial charge in [-0.05, 0) is 6.42 Å². The van der Waals surface area contributed by atoms with Crippen molar-refractivity contribution in [2.24, 2.45) is 0 Å². The van der Waals surface area contributed by atoms with E-state index >= 15 is 0 Å². The number of carbonyl (C=O) groups excluding carboxylic acids is 1. The van der Waals surface area contributed by atoms with Crippen LogP contribution in [0.5, 0.6) is 0 Å². The lowest BCUT2D eigenvalue weighted by molar-refractivity contribution is -0.127. The molecule has 2 rings (SSSR count). The first-order valence-electron chi connectivity index (χ1n) is 6.23. The Kier molecular flexibility index (Phi) is 4.10. The van der Waals surface area contributed by atoms with Crippen molar-refractivity contribution in [1.82, 2.24) is 15.3 Å². The van der Waals surface area contributed by atoms with Gasteiger partial charge in [0.2, 0.25) is 5.91 Å². The highest BCUT2D eigenvalue weighted by molar-refractivity contribution is 5.73. The van der Waals surface area contributed by atoms with E-state index in [2.05, 4.69) is 15.3 Å². The fourth-order valence-electron chi connectivity index (χ4n) is 2.23. The van der Waals surface area contributed by atoms with Crippen LogP contribution in [-0.2, 0) is 11.2 Å². The smallest absolute Gasteiger partial charge is 0.354 e. The van der Waals surface area contributed by atoms with E-state index in [9.17, 15) is 18.0 Å². The molecular formula is C12H15F3N4O. The van der Waals surface area contributed by atoms with E-state index in [1.807, 2.05) is 4.90 Å². The van der Waals surface area contributed by atoms with Crippen molar-refractivity contribution in [2.45, 2.75) is 32.0 Å². The lowest BCUT2D eigenvalue weighted by Crippen LogP contribution is -2.35. The zero-order valence-electron chi connectivity index (χ0n) is 10.9. The molecule has 0 aliphatic carbocycles. The van der Waals surface area contributed by atoms with Gasteiger partial charge in [0.25, 0.3) is 0 Å². The average Bonchev–Trinajstić information content (AvgIpc) is 2.74. The summed E-state index contributed by atoms with van der Waals surface area (Å²) in [4.78, 5) is 20.5. The molecule has 0 radical (unpaired) electrons. The Morgan fingerprint density at radius 1 is 1.50 bits per heavy atom. The molecular weight excluding hydrogens is 273 g/mol. The number of amides is 1. The number of hydrogen-bond acceptors (Lipinski definition) is 4. The highest BCUT2D eigenvalue weighted by Crippen LogP contribution is 2.23. The highest BCUT2D eigenvalue weighted by Gasteiger charge is 2.29. The third kappa shape index (κ3) is 4.07. The van der Waals surface area contributed by atoms with E-state index < -0.39 is 12.6 Å². The number of hydrogen-bond donors (Lipinski definition) is 1. The standard InChI is InChI=1S/C12H15F3N4O/c1-8(20)18-9-2-3-19(6-9)11-4-10(16-7-17-11)5-12(13,14)15/h4,7,9H,2-3,5-6H2,1H3,(H,18,20). The summed E-state index contributed by atoms with van der Waals surface area (Å²) in [5.41, 5.74) is -0.0505. The summed E-state index contributed by atoms with van der Waals surface area (Å²) < 4.78 is 37.0. The Labute approximate surface area is 114 Å². The third-order valence-corrected chi connectivity index (χ3v) is 3.01. The number of nitrogens with one attached hydrogen (secondary N) is 1. The molecule has 0 bridgehead atoms. The van der Waals surface area contributed by atoms with Gasteiger partial charge >= 0.3 is 6.18 Å². The van der Waals surface area contributed by atoms with E-state index in [0.717, 1.165) is 12.7 Å². The summed E-state index contributed by atoms with van der Waals surface area (Å²) >= 11 is 0. The SMILES string of the molecule is CC(=O)NC1CCN(c2cc(CC(F)(F)F)ncn2)C1. The number of anilines is 1. The number of alkyl halides is 3. The third-order valence-electron chi connectivity index (χ3n) is 3.01. The van der Waals surface area contributed by atoms with E-state index in [-0.39, 0.29) is 17.6 Å². The Bertz CT molecular complexity index is 492. The topological polar surface area (TPSA) is 58.1 Å². The first kappa shape index (κ1) is 14.5. The fourth-order valence-corrected chi connectivity index (χ4v) is 2.23. The van der Waals surface area contributed by atoms with Gasteiger partial charge in [-0.25, -0.2) is 9.97 Å². The number of aromatic nitrogens is 2. The van der Waals surface area contributed by atoms with Crippen LogP contribution in [0.3, 0.4) is 0 Å². The predicted octanol–water partition coefficient (Wildman–Crippen LogP) is 1.30. The van der Waals surface area contributed by atoms with Crippen LogP contribution < -0.4 is 10.2 Å². The highest BCUT2D eigenvalue weighted by atomic mass is 19.4. The molecule has 1 aliphatic rings. The van der Waals surface area contributed by atoms with Crippen molar-refractivity contribution < 1.29 is 18.0 Å². The first-order valence-corrected chi connectivity index (χ1v) is 6.23. The second-order valence-electron chi connectivity index (χ2n) is 4.79. The second kappa shape index (κ2) is 5.64. The normalized spacial score (nSPS) is 19.2. The summed E-state index contributed by atoms with van der Waals surface area (Å²) in [5.74, 6) is 0.351. The summed E-state index contributed by atoms with van der Waals surface area (Å²) in [6.45, 7) is 2.63. The molecule has 1 fully saturated rings. The van der Waals surface area contributed by atoms with Gasteiger partial charge in [0.15, 0.2) is 0 Å². The molecule has 1 saturated heterocycles. The quantitative estimate of drug-likeness (QED) is 0.910. The van der Waals surface area contributed by atoms with Crippen molar-refractivity contribution in [3.63, 3.8) is 0 Å². The summed E-state index contributed by atoms with van der Waals surface area (Å²) in [5, 5.41) is 2.79. The average molecular weight is 288 g/mol. The van der Waals surface area contributed by atoms with Crippen molar-refractivity contribution in [1.29, 1.82) is 0 Å². The molecule has 1 amide bonds. The molecule has 0 spiro atoms. The molecule has 20 heavy (non-hydrogen) atoms. The van der Waals surface area contributed by atoms with Crippen LogP contribution in [0.1, 0.15) is 19.0 Å². The fraction of sp³-hybridized carbons (Fsp3) is 0.583. The lowest BCUT2D eigenvalue weighted by atomic mass is 10.2. The lowest BCUT2D eigenvalue weighted by Gasteiger charge is -2.18. The number of rotatable bonds is 3. The van der Waals surface area contributed by atoms with Crippen LogP contribution in [-0.4, -0.2) is 41.2 Å². The maximum Gasteiger partial charge on any atom is 0.394 e. The van der Waals surface area contributed by atoms with Gasteiger partial charge in [0.1, 0.15) is 12.1 Å². The van der Waals surface area contributed by atoms with Gasteiger partial charge in [-0.3, -0.25) is 4.79 Å². The molecule has 1 atom stereocenters. The molecule has 8 heteroatoms. The van der Waals surface area contributed by atoms with Crippen LogP contribution in [0.4, 0.5) is 19.0 Å². The van der Waals surface area contributed by atoms with Gasteiger partial charge < -0.3 is 10.2 Å². The van der Waals surface area contributed by atoms with Crippen molar-refractivity contribution >= 4 is 11.7 Å². The van der Waals surface area contributed by atoms with Gasteiger partial charge in [0, 0.05) is 32.1 Å². The van der Waals surface area contributed by atoms with E-state index in [0.29, 0.717) is 18.9 Å². The Balaban J connectivity index is 2.03. The van der Waals surface area contributed by atoms with Crippen LogP contribution in [0.25, 0.3) is 0 Å². The first-order chi connectivity index (χ1) is 9.33. The summed E-state index contributed by atoms with van der Waals surface area (Å²) in [7, 11) is 0. The van der Waals surface area contributed by atoms with Crippen LogP contribution in [0.2, 0.25) is 0 Å². The van der Waals surface area contributed by atoms with E-state index in [4.69, 9.17) is 0 Å². The van der Waals surface area contributed by atoms with Crippen molar-refractivity contribution in [3.8, 4) is 0 Å². The minimum atomic E-state index is -4.28. The minimum Gasteiger partial charge on any atom is -0.354 e. The van der Waals surface area contributed by atoms with Gasteiger partial charge in [-0.15, -0.1) is 0 Å². The van der Waals surface area contributed by atoms with Crippen molar-refractivity contribution in [3.05, 3.63) is 18.1 Å². The van der Waals surface area contributed by atoms with Crippen molar-refractivity contribution in [2.75, 3.05) is 18.0 Å². The number of nitrogens with zero attached hydrogens (tertiary/aromatic N) is 3. The molecule has 1 aromatic heterocycles. The molecule has 1 unspecified atom stereocenters. The monoisotopic (exact) mass is 288 g/mol. The maximum absolute atomic E-state index is 12.3. The molecule has 1 aliphatic heterocycles. The zero-order chi connectivity index (χ0) is 14.8. The molecule has 1 aromatic rings. The summed E-state index contributed by atoms with van der Waals surface area (Å²) in [6, 6.07) is 1.36. The van der Waals surface area contributed by atoms with E-state index in [1.165, 1.54) is 13.0 Å². The van der Waals surface area contributed by atoms with Gasteiger partial charge in [-0.1, -0.05) is 0 Å². The second-order valence-corrected chi connectivity index (χ2v) is 4.79. The molecule has 2 heterocycles. The predicted molar refractivity (Wildman–Crippen MR) is 66.2 cm³/mol. The van der Waals surface area contributed by atoms with Crippen LogP contribution in [0.15, 0.2) is 12.4 Å². The van der Waals surface area contributed by atoms with Crippen LogP contribution in [0, 0.1) is 0 Å². The number of carbonyl (C=O) groups is 1. The zero-order valence-corrected chi connectivity index (χ0v) is 10.9. The van der Waals surface area contributed by atoms with Gasteiger partial charge in [0.05, 0.1) is 12.1 Å². The minimum absolute atomic E-state index is 0.00790. The van der Waals surface area contributed by atoms with Crippen LogP contribution >= 0.6 is 0 Å². The number of halogens is 3. The molecule has 0 saturated carbocycles. The Morgan fingerprint density at radius 2 is 2.25 bits per heavy atom. The Morgan fingerprint density at radius 3 is 2.90 bits per heavy atom. The molecule has 1 N–H and O–H groups in total. The Hall–Kier alpha value is -1.86. The van der Waals surface area contributed by atoms with E-state index in [1.54, 1.807) is 0 Å². The molecule has 110 valence electrons. The largest absolute Gasteiger partial charge is 0.394 e. The molecule has 0 aromatic carbocycles. The summed E-state index contributed by atoms with van der Waals surface area (Å²) in [6.07, 6.45) is -3.46.